The molecule has 0 aliphatic heterocycles. The van der Waals surface area contributed by atoms with Gasteiger partial charge in [-0.15, -0.1) is 0 Å². The van der Waals surface area contributed by atoms with Gasteiger partial charge in [0.15, 0.2) is 0 Å². The molecular weight excluding hydrogens is 366 g/mol. The van der Waals surface area contributed by atoms with Crippen LogP contribution in [0.5, 0.6) is 0 Å². The first-order valence-corrected chi connectivity index (χ1v) is 7.67. The van der Waals surface area contributed by atoms with Crippen molar-refractivity contribution in [3.8, 4) is 0 Å². The van der Waals surface area contributed by atoms with Crippen molar-refractivity contribution in [1.82, 2.24) is 0 Å². The summed E-state index contributed by atoms with van der Waals surface area (Å²) in [7, 11) is 0. The molecule has 0 saturated heterocycles. The van der Waals surface area contributed by atoms with Gasteiger partial charge < -0.3 is 5.32 Å². The van der Waals surface area contributed by atoms with Crippen molar-refractivity contribution in [1.29, 1.82) is 10.9 Å². The molecule has 142 valence electrons. The van der Waals surface area contributed by atoms with Gasteiger partial charge in [-0.25, -0.2) is 9.40 Å². The van der Waals surface area contributed by atoms with Gasteiger partial charge in [-0.05, 0) is 42.3 Å². The lowest BCUT2D eigenvalue weighted by molar-refractivity contribution is -0.140. The van der Waals surface area contributed by atoms with E-state index in [9.17, 15) is 22.4 Å². The minimum absolute atomic E-state index is 0.0230. The molecule has 0 heterocycles. The molecule has 6 nitrogen and oxygen atoms in total. The third-order valence-electron chi connectivity index (χ3n) is 3.60. The number of hydrogen-bond acceptors (Lipinski definition) is 4. The summed E-state index contributed by atoms with van der Waals surface area (Å²) in [5.41, 5.74) is 6.55. The lowest BCUT2D eigenvalue weighted by atomic mass is 10.1. The highest BCUT2D eigenvalue weighted by atomic mass is 19.4. The van der Waals surface area contributed by atoms with Crippen LogP contribution in [-0.4, -0.2) is 12.2 Å². The van der Waals surface area contributed by atoms with Crippen LogP contribution in [0.4, 0.5) is 28.9 Å². The second kappa shape index (κ2) is 8.39. The average Bonchev–Trinajstić information content (AvgIpc) is 2.62. The number of aryl methyl sites for hydroxylation is 1. The van der Waals surface area contributed by atoms with Gasteiger partial charge in [0, 0.05) is 12.1 Å². The van der Waals surface area contributed by atoms with Gasteiger partial charge >= 0.3 is 6.18 Å². The molecule has 0 saturated carbocycles. The van der Waals surface area contributed by atoms with E-state index in [0.717, 1.165) is 17.4 Å². The highest BCUT2D eigenvalue weighted by Crippen LogP contribution is 2.33. The number of alkyl halides is 3. The lowest BCUT2D eigenvalue weighted by Crippen LogP contribution is -2.15. The van der Waals surface area contributed by atoms with E-state index >= 15 is 0 Å². The Morgan fingerprint density at radius 2 is 1.96 bits per heavy atom. The van der Waals surface area contributed by atoms with Crippen LogP contribution in [0.1, 0.15) is 17.5 Å². The van der Waals surface area contributed by atoms with Gasteiger partial charge in [0.1, 0.15) is 12.2 Å². The van der Waals surface area contributed by atoms with E-state index in [1.54, 1.807) is 24.3 Å². The summed E-state index contributed by atoms with van der Waals surface area (Å²) >= 11 is 0. The Bertz CT molecular complexity index is 845. The maximum Gasteiger partial charge on any atom is 0.419 e. The largest absolute Gasteiger partial charge is 0.419 e. The molecule has 0 aromatic heterocycles. The van der Waals surface area contributed by atoms with Crippen molar-refractivity contribution in [3.05, 3.63) is 59.4 Å². The van der Waals surface area contributed by atoms with E-state index < -0.39 is 23.5 Å². The third kappa shape index (κ3) is 5.33. The van der Waals surface area contributed by atoms with E-state index in [0.29, 0.717) is 23.4 Å². The van der Waals surface area contributed by atoms with Gasteiger partial charge in [0.25, 0.3) is 0 Å². The predicted octanol–water partition coefficient (Wildman–Crippen LogP) is 4.78. The average molecular weight is 381 g/mol. The van der Waals surface area contributed by atoms with Gasteiger partial charge in [-0.2, -0.15) is 18.7 Å². The highest BCUT2D eigenvalue weighted by molar-refractivity contribution is 5.91. The summed E-state index contributed by atoms with van der Waals surface area (Å²) < 4.78 is 51.4. The predicted molar refractivity (Wildman–Crippen MR) is 91.2 cm³/mol. The van der Waals surface area contributed by atoms with Crippen LogP contribution in [0.15, 0.2) is 47.7 Å². The number of anilines is 2. The monoisotopic (exact) mass is 381 g/mol. The molecule has 0 unspecified atom stereocenters. The molecule has 3 N–H and O–H groups in total. The number of hydrogen-bond donors (Lipinski definition) is 3. The van der Waals surface area contributed by atoms with Crippen molar-refractivity contribution >= 4 is 23.6 Å². The summed E-state index contributed by atoms with van der Waals surface area (Å²) in [4.78, 5) is 12.0. The Kier molecular flexibility index (Phi) is 6.22. The molecule has 2 aromatic rings. The molecule has 0 bridgehead atoms. The van der Waals surface area contributed by atoms with Crippen LogP contribution >= 0.6 is 0 Å². The summed E-state index contributed by atoms with van der Waals surface area (Å²) in [5, 5.41) is 13.6. The molecule has 0 aliphatic rings. The summed E-state index contributed by atoms with van der Waals surface area (Å²) in [6, 6.07) is 8.91. The smallest absolute Gasteiger partial charge is 0.326 e. The number of nitrogens with zero attached hydrogens (tertiary/aromatic N) is 2. The number of nitrogens with one attached hydrogen (secondary N) is 3. The van der Waals surface area contributed by atoms with Crippen molar-refractivity contribution in [2.45, 2.75) is 19.0 Å². The van der Waals surface area contributed by atoms with Gasteiger partial charge in [0.05, 0.1) is 11.3 Å². The molecule has 0 atom stereocenters. The fourth-order valence-electron chi connectivity index (χ4n) is 2.32. The number of carbonyl (C=O) groups is 1. The maximum atomic E-state index is 13.3. The van der Waals surface area contributed by atoms with Crippen LogP contribution in [0.3, 0.4) is 0 Å². The second-order valence-electron chi connectivity index (χ2n) is 5.48. The van der Waals surface area contributed by atoms with Crippen molar-refractivity contribution < 1.29 is 22.4 Å². The zero-order chi connectivity index (χ0) is 20.0. The van der Waals surface area contributed by atoms with Crippen LogP contribution in [0, 0.1) is 16.8 Å². The van der Waals surface area contributed by atoms with Gasteiger partial charge in [-0.3, -0.25) is 10.2 Å². The quantitative estimate of drug-likeness (QED) is 0.212. The van der Waals surface area contributed by atoms with Crippen molar-refractivity contribution in [2.75, 3.05) is 10.3 Å². The highest BCUT2D eigenvalue weighted by Gasteiger charge is 2.34. The SMILES string of the molecule is N=CN(N=N)c1cccc(CCC(=O)Nc2ccc(F)c(C(F)(F)F)c2)c1. The number of benzene rings is 2. The summed E-state index contributed by atoms with van der Waals surface area (Å²) in [6.07, 6.45) is -3.75. The Balaban J connectivity index is 2.02. The number of amides is 1. The van der Waals surface area contributed by atoms with Crippen molar-refractivity contribution in [2.24, 2.45) is 5.22 Å². The zero-order valence-electron chi connectivity index (χ0n) is 13.8. The third-order valence-corrected chi connectivity index (χ3v) is 3.60. The van der Waals surface area contributed by atoms with E-state index in [1.807, 2.05) is 0 Å². The number of halogens is 4. The second-order valence-corrected chi connectivity index (χ2v) is 5.48. The normalized spacial score (nSPS) is 11.0. The van der Waals surface area contributed by atoms with Crippen LogP contribution in [0.25, 0.3) is 0 Å². The Hall–Kier alpha value is -3.30. The Morgan fingerprint density at radius 1 is 1.22 bits per heavy atom. The van der Waals surface area contributed by atoms with Crippen LogP contribution in [-0.2, 0) is 17.4 Å². The minimum Gasteiger partial charge on any atom is -0.326 e. The topological polar surface area (TPSA) is 92.4 Å². The summed E-state index contributed by atoms with van der Waals surface area (Å²) in [6.45, 7) is 0. The summed E-state index contributed by atoms with van der Waals surface area (Å²) in [5.74, 6) is -1.94. The molecule has 0 fully saturated rings. The molecule has 2 rings (SSSR count). The molecule has 10 heteroatoms. The van der Waals surface area contributed by atoms with E-state index in [-0.39, 0.29) is 18.5 Å². The Morgan fingerprint density at radius 3 is 2.59 bits per heavy atom. The number of rotatable bonds is 7. The maximum absolute atomic E-state index is 13.3. The number of carbonyl (C=O) groups excluding carboxylic acids is 1. The zero-order valence-corrected chi connectivity index (χ0v) is 13.8. The van der Waals surface area contributed by atoms with Gasteiger partial charge in [0.2, 0.25) is 5.91 Å². The molecule has 27 heavy (non-hydrogen) atoms. The van der Waals surface area contributed by atoms with E-state index in [1.165, 1.54) is 0 Å². The van der Waals surface area contributed by atoms with Gasteiger partial charge in [-0.1, -0.05) is 17.4 Å². The van der Waals surface area contributed by atoms with Crippen molar-refractivity contribution in [3.63, 3.8) is 0 Å². The van der Waals surface area contributed by atoms with Crippen LogP contribution < -0.4 is 10.3 Å². The standard InChI is InChI=1S/C17H15F4N5O/c18-15-6-5-12(9-14(15)17(19,20)21)24-16(27)7-4-11-2-1-3-13(8-11)26(10-22)25-23/h1-3,5-6,8-10,22-23H,4,7H2,(H,24,27). The molecule has 2 aromatic carbocycles. The minimum atomic E-state index is -4.85. The van der Waals surface area contributed by atoms with E-state index in [4.69, 9.17) is 10.9 Å². The molecule has 1 amide bonds. The molecular formula is C17H15F4N5O. The first-order valence-electron chi connectivity index (χ1n) is 7.67. The first-order chi connectivity index (χ1) is 12.7. The lowest BCUT2D eigenvalue weighted by Gasteiger charge is -2.12. The van der Waals surface area contributed by atoms with Crippen LogP contribution in [0.2, 0.25) is 0 Å². The molecule has 0 aliphatic carbocycles. The van der Waals surface area contributed by atoms with E-state index in [2.05, 4.69) is 10.5 Å². The fraction of sp³-hybridized carbons (Fsp3) is 0.176. The Labute approximate surface area is 151 Å². The molecule has 0 radical (unpaired) electrons. The first kappa shape index (κ1) is 20.0. The molecule has 0 spiro atoms. The fourth-order valence-corrected chi connectivity index (χ4v) is 2.32.